The summed E-state index contributed by atoms with van der Waals surface area (Å²) in [7, 11) is 0. The van der Waals surface area contributed by atoms with Gasteiger partial charge in [0.1, 0.15) is 0 Å². The Labute approximate surface area is 198 Å². The lowest BCUT2D eigenvalue weighted by molar-refractivity contribution is 0.275. The summed E-state index contributed by atoms with van der Waals surface area (Å²) in [6, 6.07) is 22.7. The van der Waals surface area contributed by atoms with Crippen molar-refractivity contribution >= 4 is 0 Å². The highest BCUT2D eigenvalue weighted by Gasteiger charge is 2.47. The SMILES string of the molecule is Cc1cc(C)cc(-c2ccc3c(c2)C(C)(C)C(C)(C)c2cc(-c4cc(C)cc(C)c4)nn2-3)c1. The van der Waals surface area contributed by atoms with Crippen LogP contribution >= 0.6 is 0 Å². The van der Waals surface area contributed by atoms with Crippen molar-refractivity contribution in [1.29, 1.82) is 0 Å². The highest BCUT2D eigenvalue weighted by Crippen LogP contribution is 2.51. The number of hydrogen-bond donors (Lipinski definition) is 0. The standard InChI is InChI=1S/C31H34N2/c1-19-11-20(2)14-24(13-19)23-9-10-28-26(17-23)30(5,6)31(7,8)29-18-27(32-33(28)29)25-15-21(3)12-22(4)16-25/h9-18H,1-8H3. The van der Waals surface area contributed by atoms with E-state index in [2.05, 4.69) is 121 Å². The van der Waals surface area contributed by atoms with Crippen molar-refractivity contribution in [3.8, 4) is 28.1 Å². The van der Waals surface area contributed by atoms with Gasteiger partial charge in [-0.2, -0.15) is 5.10 Å². The molecule has 1 aliphatic rings. The van der Waals surface area contributed by atoms with Crippen LogP contribution in [0.1, 0.15) is 61.2 Å². The molecule has 1 aliphatic heterocycles. The fraction of sp³-hybridized carbons (Fsp3) is 0.323. The van der Waals surface area contributed by atoms with Crippen LogP contribution in [0.25, 0.3) is 28.1 Å². The lowest BCUT2D eigenvalue weighted by atomic mass is 9.60. The molecule has 0 unspecified atom stereocenters. The molecule has 0 amide bonds. The number of hydrogen-bond acceptors (Lipinski definition) is 1. The van der Waals surface area contributed by atoms with Gasteiger partial charge in [0, 0.05) is 16.4 Å². The number of aromatic nitrogens is 2. The normalized spacial score (nSPS) is 15.8. The lowest BCUT2D eigenvalue weighted by Crippen LogP contribution is -2.45. The number of rotatable bonds is 2. The summed E-state index contributed by atoms with van der Waals surface area (Å²) in [6.45, 7) is 18.1. The quantitative estimate of drug-likeness (QED) is 0.312. The van der Waals surface area contributed by atoms with E-state index in [1.807, 2.05) is 0 Å². The first kappa shape index (κ1) is 21.7. The first-order valence-corrected chi connectivity index (χ1v) is 11.9. The Bertz CT molecular complexity index is 1360. The molecule has 2 nitrogen and oxygen atoms in total. The van der Waals surface area contributed by atoms with E-state index in [4.69, 9.17) is 5.10 Å². The molecule has 2 heterocycles. The van der Waals surface area contributed by atoms with Crippen molar-refractivity contribution < 1.29 is 0 Å². The van der Waals surface area contributed by atoms with Crippen LogP contribution in [0, 0.1) is 27.7 Å². The molecule has 0 saturated carbocycles. The van der Waals surface area contributed by atoms with Crippen LogP contribution in [0.3, 0.4) is 0 Å². The Morgan fingerprint density at radius 3 is 1.70 bits per heavy atom. The molecule has 0 spiro atoms. The Morgan fingerprint density at radius 1 is 0.576 bits per heavy atom. The average molecular weight is 435 g/mol. The summed E-state index contributed by atoms with van der Waals surface area (Å²) in [6.07, 6.45) is 0. The Balaban J connectivity index is 1.72. The molecule has 0 radical (unpaired) electrons. The van der Waals surface area contributed by atoms with Gasteiger partial charge in [0.25, 0.3) is 0 Å². The van der Waals surface area contributed by atoms with Crippen molar-refractivity contribution in [3.63, 3.8) is 0 Å². The van der Waals surface area contributed by atoms with Gasteiger partial charge in [-0.1, -0.05) is 80.3 Å². The van der Waals surface area contributed by atoms with Crippen LogP contribution < -0.4 is 0 Å². The van der Waals surface area contributed by atoms with Gasteiger partial charge < -0.3 is 0 Å². The zero-order chi connectivity index (χ0) is 23.7. The Kier molecular flexibility index (Phi) is 4.72. The highest BCUT2D eigenvalue weighted by molar-refractivity contribution is 5.71. The van der Waals surface area contributed by atoms with Gasteiger partial charge in [0.15, 0.2) is 0 Å². The maximum Gasteiger partial charge on any atom is 0.0930 e. The van der Waals surface area contributed by atoms with E-state index in [0.29, 0.717) is 0 Å². The third-order valence-corrected chi connectivity index (χ3v) is 7.88. The molecule has 0 saturated heterocycles. The van der Waals surface area contributed by atoms with Crippen LogP contribution in [-0.4, -0.2) is 9.78 Å². The highest BCUT2D eigenvalue weighted by atomic mass is 15.3. The van der Waals surface area contributed by atoms with Gasteiger partial charge >= 0.3 is 0 Å². The zero-order valence-corrected chi connectivity index (χ0v) is 21.2. The Hall–Kier alpha value is -3.13. The van der Waals surface area contributed by atoms with Crippen molar-refractivity contribution in [3.05, 3.63) is 94.2 Å². The van der Waals surface area contributed by atoms with Crippen molar-refractivity contribution in [2.45, 2.75) is 66.2 Å². The fourth-order valence-corrected chi connectivity index (χ4v) is 5.47. The van der Waals surface area contributed by atoms with Crippen molar-refractivity contribution in [2.75, 3.05) is 0 Å². The number of fused-ring (bicyclic) bond motifs is 3. The minimum Gasteiger partial charge on any atom is -0.236 e. The molecule has 3 aromatic carbocycles. The van der Waals surface area contributed by atoms with Crippen LogP contribution in [0.4, 0.5) is 0 Å². The van der Waals surface area contributed by atoms with Crippen molar-refractivity contribution in [1.82, 2.24) is 9.78 Å². The first-order valence-electron chi connectivity index (χ1n) is 11.9. The number of benzene rings is 3. The largest absolute Gasteiger partial charge is 0.236 e. The maximum atomic E-state index is 5.15. The molecule has 168 valence electrons. The van der Waals surface area contributed by atoms with E-state index < -0.39 is 0 Å². The van der Waals surface area contributed by atoms with E-state index in [1.54, 1.807) is 0 Å². The van der Waals surface area contributed by atoms with E-state index in [9.17, 15) is 0 Å². The van der Waals surface area contributed by atoms with Crippen LogP contribution in [0.2, 0.25) is 0 Å². The molecule has 5 rings (SSSR count). The summed E-state index contributed by atoms with van der Waals surface area (Å²) >= 11 is 0. The zero-order valence-electron chi connectivity index (χ0n) is 21.2. The smallest absolute Gasteiger partial charge is 0.0930 e. The van der Waals surface area contributed by atoms with Gasteiger partial charge in [0.2, 0.25) is 0 Å². The van der Waals surface area contributed by atoms with E-state index in [0.717, 1.165) is 5.69 Å². The molecule has 0 atom stereocenters. The monoisotopic (exact) mass is 434 g/mol. The number of aryl methyl sites for hydroxylation is 4. The van der Waals surface area contributed by atoms with E-state index in [1.165, 1.54) is 55.9 Å². The second-order valence-electron chi connectivity index (χ2n) is 11.1. The molecule has 0 N–H and O–H groups in total. The molecular weight excluding hydrogens is 400 g/mol. The molecule has 2 heteroatoms. The van der Waals surface area contributed by atoms with Gasteiger partial charge in [-0.3, -0.25) is 0 Å². The Morgan fingerprint density at radius 2 is 1.12 bits per heavy atom. The lowest BCUT2D eigenvalue weighted by Gasteiger charge is -2.47. The molecule has 4 aromatic rings. The average Bonchev–Trinajstić information content (AvgIpc) is 3.17. The first-order chi connectivity index (χ1) is 15.5. The minimum absolute atomic E-state index is 0.0486. The maximum absolute atomic E-state index is 5.15. The van der Waals surface area contributed by atoms with Gasteiger partial charge in [-0.15, -0.1) is 0 Å². The molecular formula is C31H34N2. The predicted molar refractivity (Wildman–Crippen MR) is 139 cm³/mol. The van der Waals surface area contributed by atoms with Crippen molar-refractivity contribution in [2.24, 2.45) is 0 Å². The molecule has 1 aromatic heterocycles. The summed E-state index contributed by atoms with van der Waals surface area (Å²) in [4.78, 5) is 0. The van der Waals surface area contributed by atoms with Gasteiger partial charge in [-0.05, 0) is 74.7 Å². The van der Waals surface area contributed by atoms with E-state index >= 15 is 0 Å². The topological polar surface area (TPSA) is 17.8 Å². The summed E-state index contributed by atoms with van der Waals surface area (Å²) in [5, 5.41) is 5.15. The summed E-state index contributed by atoms with van der Waals surface area (Å²) < 4.78 is 2.19. The van der Waals surface area contributed by atoms with Gasteiger partial charge in [0.05, 0.1) is 17.1 Å². The van der Waals surface area contributed by atoms with Gasteiger partial charge in [-0.25, -0.2) is 4.68 Å². The molecule has 33 heavy (non-hydrogen) atoms. The molecule has 0 bridgehead atoms. The summed E-state index contributed by atoms with van der Waals surface area (Å²) in [5.74, 6) is 0. The molecule has 0 aliphatic carbocycles. The predicted octanol–water partition coefficient (Wildman–Crippen LogP) is 8.01. The third-order valence-electron chi connectivity index (χ3n) is 7.88. The second kappa shape index (κ2) is 7.18. The van der Waals surface area contributed by atoms with Crippen LogP contribution in [-0.2, 0) is 10.8 Å². The second-order valence-corrected chi connectivity index (χ2v) is 11.1. The number of nitrogens with zero attached hydrogens (tertiary/aromatic N) is 2. The minimum atomic E-state index is -0.0781. The fourth-order valence-electron chi connectivity index (χ4n) is 5.47. The van der Waals surface area contributed by atoms with Crippen LogP contribution in [0.15, 0.2) is 60.7 Å². The summed E-state index contributed by atoms with van der Waals surface area (Å²) in [5.41, 5.74) is 13.6. The molecule has 0 fully saturated rings. The van der Waals surface area contributed by atoms with Crippen LogP contribution in [0.5, 0.6) is 0 Å². The van der Waals surface area contributed by atoms with E-state index in [-0.39, 0.29) is 10.8 Å². The third kappa shape index (κ3) is 3.35.